The Morgan fingerprint density at radius 3 is 2.45 bits per heavy atom. The lowest BCUT2D eigenvalue weighted by atomic mass is 9.87. The van der Waals surface area contributed by atoms with Gasteiger partial charge in [-0.2, -0.15) is 0 Å². The van der Waals surface area contributed by atoms with Crippen molar-refractivity contribution in [3.63, 3.8) is 0 Å². The first-order valence-electron chi connectivity index (χ1n) is 9.68. The number of aliphatic hydroxyl groups excluding tert-OH is 1. The van der Waals surface area contributed by atoms with Crippen molar-refractivity contribution in [1.29, 1.82) is 0 Å². The van der Waals surface area contributed by atoms with E-state index in [1.54, 1.807) is 12.1 Å². The molecule has 3 rings (SSSR count). The average Bonchev–Trinajstić information content (AvgIpc) is 2.74. The molecular formula is C22H27ClN2O4. The van der Waals surface area contributed by atoms with Crippen LogP contribution < -0.4 is 14.8 Å². The number of anilines is 1. The predicted molar refractivity (Wildman–Crippen MR) is 114 cm³/mol. The number of hydrogen-bond acceptors (Lipinski definition) is 5. The Hall–Kier alpha value is -2.28. The second-order valence-electron chi connectivity index (χ2n) is 7.20. The van der Waals surface area contributed by atoms with Gasteiger partial charge >= 0.3 is 0 Å². The summed E-state index contributed by atoms with van der Waals surface area (Å²) >= 11 is 6.16. The monoisotopic (exact) mass is 418 g/mol. The van der Waals surface area contributed by atoms with Gasteiger partial charge in [-0.05, 0) is 43.5 Å². The molecule has 7 heteroatoms. The summed E-state index contributed by atoms with van der Waals surface area (Å²) in [4.78, 5) is 14.6. The van der Waals surface area contributed by atoms with Crippen molar-refractivity contribution in [2.45, 2.75) is 18.9 Å². The standard InChI is InChI=1S/C22H27ClN2O4/c1-28-19-13-20(29-2)18(12-17(19)23)24-21(26)14-25-10-8-16(9-11-25)22(27)15-6-4-3-5-7-15/h3-7,12-13,16,22,27H,8-11,14H2,1-2H3,(H,24,26). The van der Waals surface area contributed by atoms with Gasteiger partial charge in [0.1, 0.15) is 11.5 Å². The third-order valence-corrected chi connectivity index (χ3v) is 5.63. The molecule has 1 unspecified atom stereocenters. The quantitative estimate of drug-likeness (QED) is 0.716. The van der Waals surface area contributed by atoms with Gasteiger partial charge in [0.2, 0.25) is 5.91 Å². The fraction of sp³-hybridized carbons (Fsp3) is 0.409. The fourth-order valence-electron chi connectivity index (χ4n) is 3.70. The van der Waals surface area contributed by atoms with Crippen LogP contribution in [0.15, 0.2) is 42.5 Å². The van der Waals surface area contributed by atoms with Crippen molar-refractivity contribution in [3.05, 3.63) is 53.1 Å². The highest BCUT2D eigenvalue weighted by molar-refractivity contribution is 6.32. The highest BCUT2D eigenvalue weighted by atomic mass is 35.5. The number of nitrogens with one attached hydrogen (secondary N) is 1. The minimum Gasteiger partial charge on any atom is -0.495 e. The van der Waals surface area contributed by atoms with Crippen molar-refractivity contribution in [2.24, 2.45) is 5.92 Å². The van der Waals surface area contributed by atoms with E-state index in [0.717, 1.165) is 31.5 Å². The Balaban J connectivity index is 1.53. The highest BCUT2D eigenvalue weighted by Gasteiger charge is 2.27. The number of hydrogen-bond donors (Lipinski definition) is 2. The van der Waals surface area contributed by atoms with Gasteiger partial charge in [-0.15, -0.1) is 0 Å². The zero-order chi connectivity index (χ0) is 20.8. The summed E-state index contributed by atoms with van der Waals surface area (Å²) in [6.45, 7) is 1.81. The van der Waals surface area contributed by atoms with E-state index in [4.69, 9.17) is 21.1 Å². The van der Waals surface area contributed by atoms with E-state index in [2.05, 4.69) is 10.2 Å². The lowest BCUT2D eigenvalue weighted by Gasteiger charge is -2.34. The molecule has 1 aliphatic heterocycles. The summed E-state index contributed by atoms with van der Waals surface area (Å²) in [5.74, 6) is 1.05. The van der Waals surface area contributed by atoms with Crippen LogP contribution in [0.1, 0.15) is 24.5 Å². The van der Waals surface area contributed by atoms with Crippen LogP contribution in [-0.4, -0.2) is 49.8 Å². The van der Waals surface area contributed by atoms with Gasteiger partial charge in [0.05, 0.1) is 37.6 Å². The molecule has 1 heterocycles. The van der Waals surface area contributed by atoms with E-state index in [-0.39, 0.29) is 18.4 Å². The number of amides is 1. The largest absolute Gasteiger partial charge is 0.495 e. The molecule has 29 heavy (non-hydrogen) atoms. The molecule has 0 radical (unpaired) electrons. The fourth-order valence-corrected chi connectivity index (χ4v) is 3.94. The third-order valence-electron chi connectivity index (χ3n) is 5.34. The second kappa shape index (κ2) is 9.96. The van der Waals surface area contributed by atoms with Gasteiger partial charge in [0, 0.05) is 6.07 Å². The minimum absolute atomic E-state index is 0.133. The number of likely N-dealkylation sites (tertiary alicyclic amines) is 1. The first-order chi connectivity index (χ1) is 14.0. The van der Waals surface area contributed by atoms with E-state index >= 15 is 0 Å². The van der Waals surface area contributed by atoms with Crippen LogP contribution in [0.25, 0.3) is 0 Å². The number of piperidine rings is 1. The third kappa shape index (κ3) is 5.41. The highest BCUT2D eigenvalue weighted by Crippen LogP contribution is 2.36. The lowest BCUT2D eigenvalue weighted by molar-refractivity contribution is -0.117. The number of halogens is 1. The van der Waals surface area contributed by atoms with E-state index in [9.17, 15) is 9.90 Å². The number of ether oxygens (including phenoxy) is 2. The molecule has 1 atom stereocenters. The van der Waals surface area contributed by atoms with E-state index < -0.39 is 6.10 Å². The minimum atomic E-state index is -0.460. The Morgan fingerprint density at radius 1 is 1.17 bits per heavy atom. The topological polar surface area (TPSA) is 71.0 Å². The van der Waals surface area contributed by atoms with Crippen LogP contribution in [0.5, 0.6) is 11.5 Å². The zero-order valence-corrected chi connectivity index (χ0v) is 17.5. The van der Waals surface area contributed by atoms with Gasteiger partial charge < -0.3 is 19.9 Å². The molecule has 1 saturated heterocycles. The molecule has 6 nitrogen and oxygen atoms in total. The Labute approximate surface area is 176 Å². The van der Waals surface area contributed by atoms with Gasteiger partial charge in [0.25, 0.3) is 0 Å². The summed E-state index contributed by atoms with van der Waals surface area (Å²) < 4.78 is 10.5. The molecule has 0 bridgehead atoms. The average molecular weight is 419 g/mol. The van der Waals surface area contributed by atoms with Crippen LogP contribution in [0, 0.1) is 5.92 Å². The van der Waals surface area contributed by atoms with Crippen molar-refractivity contribution in [3.8, 4) is 11.5 Å². The number of aliphatic hydroxyl groups is 1. The van der Waals surface area contributed by atoms with Crippen LogP contribution in [0.2, 0.25) is 5.02 Å². The maximum atomic E-state index is 12.5. The second-order valence-corrected chi connectivity index (χ2v) is 7.61. The Morgan fingerprint density at radius 2 is 1.83 bits per heavy atom. The smallest absolute Gasteiger partial charge is 0.238 e. The normalized spacial score (nSPS) is 16.3. The van der Waals surface area contributed by atoms with E-state index in [1.807, 2.05) is 30.3 Å². The van der Waals surface area contributed by atoms with E-state index in [1.165, 1.54) is 14.2 Å². The zero-order valence-electron chi connectivity index (χ0n) is 16.7. The summed E-state index contributed by atoms with van der Waals surface area (Å²) in [5, 5.41) is 13.9. The molecule has 0 aromatic heterocycles. The summed E-state index contributed by atoms with van der Waals surface area (Å²) in [7, 11) is 3.05. The van der Waals surface area contributed by atoms with Crippen molar-refractivity contribution in [2.75, 3.05) is 39.2 Å². The summed E-state index contributed by atoms with van der Waals surface area (Å²) in [6, 6.07) is 13.0. The number of benzene rings is 2. The van der Waals surface area contributed by atoms with Crippen molar-refractivity contribution < 1.29 is 19.4 Å². The van der Waals surface area contributed by atoms with Crippen molar-refractivity contribution in [1.82, 2.24) is 4.90 Å². The summed E-state index contributed by atoms with van der Waals surface area (Å²) in [5.41, 5.74) is 1.46. The van der Waals surface area contributed by atoms with Gasteiger partial charge in [0.15, 0.2) is 0 Å². The maximum Gasteiger partial charge on any atom is 0.238 e. The molecule has 1 fully saturated rings. The van der Waals surface area contributed by atoms with Gasteiger partial charge in [-0.1, -0.05) is 41.9 Å². The van der Waals surface area contributed by atoms with Gasteiger partial charge in [-0.25, -0.2) is 0 Å². The number of carbonyl (C=O) groups is 1. The molecule has 0 spiro atoms. The first kappa shape index (κ1) is 21.4. The van der Waals surface area contributed by atoms with Crippen LogP contribution in [0.4, 0.5) is 5.69 Å². The molecule has 0 saturated carbocycles. The molecule has 2 N–H and O–H groups in total. The van der Waals surface area contributed by atoms with E-state index in [0.29, 0.717) is 22.2 Å². The Bertz CT molecular complexity index is 823. The van der Waals surface area contributed by atoms with Crippen LogP contribution in [0.3, 0.4) is 0 Å². The number of nitrogens with zero attached hydrogens (tertiary/aromatic N) is 1. The molecule has 156 valence electrons. The Kier molecular flexibility index (Phi) is 7.36. The van der Waals surface area contributed by atoms with Crippen LogP contribution >= 0.6 is 11.6 Å². The molecular weight excluding hydrogens is 392 g/mol. The molecule has 2 aromatic carbocycles. The molecule has 2 aromatic rings. The molecule has 0 aliphatic carbocycles. The van der Waals surface area contributed by atoms with Crippen molar-refractivity contribution >= 4 is 23.2 Å². The lowest BCUT2D eigenvalue weighted by Crippen LogP contribution is -2.40. The van der Waals surface area contributed by atoms with Crippen LogP contribution in [-0.2, 0) is 4.79 Å². The maximum absolute atomic E-state index is 12.5. The number of rotatable bonds is 7. The van der Waals surface area contributed by atoms with Gasteiger partial charge in [-0.3, -0.25) is 9.69 Å². The molecule has 1 aliphatic rings. The first-order valence-corrected chi connectivity index (χ1v) is 10.1. The predicted octanol–water partition coefficient (Wildman–Crippen LogP) is 3.74. The number of methoxy groups -OCH3 is 2. The number of carbonyl (C=O) groups excluding carboxylic acids is 1. The molecule has 1 amide bonds. The SMILES string of the molecule is COc1cc(OC)c(NC(=O)CN2CCC(C(O)c3ccccc3)CC2)cc1Cl. The summed E-state index contributed by atoms with van der Waals surface area (Å²) in [6.07, 6.45) is 1.24.